The second kappa shape index (κ2) is 7.02. The number of rotatable bonds is 5. The number of anilines is 1. The number of carbonyl (C=O) groups excluding carboxylic acids is 1. The van der Waals surface area contributed by atoms with Gasteiger partial charge in [0.25, 0.3) is 0 Å². The van der Waals surface area contributed by atoms with Crippen molar-refractivity contribution in [3.8, 4) is 5.69 Å². The molecule has 1 aliphatic rings. The molecular formula is C17H19FN4O3. The number of benzene rings is 1. The third-order valence-electron chi connectivity index (χ3n) is 4.18. The Kier molecular flexibility index (Phi) is 4.80. The van der Waals surface area contributed by atoms with Gasteiger partial charge in [-0.1, -0.05) is 12.1 Å². The fraction of sp³-hybridized carbons (Fsp3) is 0.353. The summed E-state index contributed by atoms with van der Waals surface area (Å²) >= 11 is 0. The lowest BCUT2D eigenvalue weighted by Crippen LogP contribution is -2.41. The smallest absolute Gasteiger partial charge is 0.320 e. The number of halogens is 1. The van der Waals surface area contributed by atoms with Crippen molar-refractivity contribution in [1.82, 2.24) is 14.7 Å². The number of hydrogen-bond donors (Lipinski definition) is 2. The summed E-state index contributed by atoms with van der Waals surface area (Å²) in [5, 5.41) is 16.1. The second-order valence-electron chi connectivity index (χ2n) is 6.05. The average Bonchev–Trinajstić information content (AvgIpc) is 3.14. The topological polar surface area (TPSA) is 87.5 Å². The highest BCUT2D eigenvalue weighted by Crippen LogP contribution is 2.21. The Morgan fingerprint density at radius 3 is 2.88 bits per heavy atom. The highest BCUT2D eigenvalue weighted by atomic mass is 19.1. The van der Waals surface area contributed by atoms with E-state index in [4.69, 9.17) is 0 Å². The minimum atomic E-state index is -0.919. The molecule has 0 spiro atoms. The van der Waals surface area contributed by atoms with E-state index < -0.39 is 17.8 Å². The van der Waals surface area contributed by atoms with Crippen LogP contribution in [-0.2, 0) is 9.59 Å². The number of nitrogens with zero attached hydrogens (tertiary/aromatic N) is 3. The van der Waals surface area contributed by atoms with Gasteiger partial charge in [-0.05, 0) is 38.4 Å². The number of carbonyl (C=O) groups is 2. The van der Waals surface area contributed by atoms with Crippen molar-refractivity contribution in [2.45, 2.75) is 25.8 Å². The fourth-order valence-electron chi connectivity index (χ4n) is 3.06. The molecule has 1 amide bonds. The van der Waals surface area contributed by atoms with E-state index in [1.165, 1.54) is 10.7 Å². The first kappa shape index (κ1) is 17.1. The molecule has 1 saturated heterocycles. The lowest BCUT2D eigenvalue weighted by atomic mass is 10.2. The predicted octanol–water partition coefficient (Wildman–Crippen LogP) is 1.81. The van der Waals surface area contributed by atoms with Gasteiger partial charge in [-0.25, -0.2) is 9.07 Å². The molecule has 132 valence electrons. The van der Waals surface area contributed by atoms with Crippen LogP contribution < -0.4 is 5.32 Å². The van der Waals surface area contributed by atoms with E-state index in [1.807, 2.05) is 0 Å². The van der Waals surface area contributed by atoms with E-state index in [0.29, 0.717) is 24.5 Å². The molecule has 3 rings (SSSR count). The predicted molar refractivity (Wildman–Crippen MR) is 89.1 cm³/mol. The third kappa shape index (κ3) is 3.69. The summed E-state index contributed by atoms with van der Waals surface area (Å²) in [5.74, 6) is -1.38. The number of aromatic nitrogens is 2. The molecular weight excluding hydrogens is 327 g/mol. The third-order valence-corrected chi connectivity index (χ3v) is 4.18. The highest BCUT2D eigenvalue weighted by molar-refractivity contribution is 5.92. The summed E-state index contributed by atoms with van der Waals surface area (Å²) in [6.07, 6.45) is 1.28. The fourth-order valence-corrected chi connectivity index (χ4v) is 3.06. The number of para-hydroxylation sites is 1. The standard InChI is InChI=1S/C17H19FN4O3/c1-11-9-15(22(20-11)13-6-3-2-5-12(13)18)19-16(23)10-21-8-4-7-14(21)17(24)25/h2-3,5-6,9,14H,4,7-8,10H2,1H3,(H,19,23)(H,24,25)/t14-/m0/s1. The van der Waals surface area contributed by atoms with Gasteiger partial charge in [-0.2, -0.15) is 5.10 Å². The summed E-state index contributed by atoms with van der Waals surface area (Å²) in [6, 6.07) is 7.15. The van der Waals surface area contributed by atoms with Crippen LogP contribution in [0.3, 0.4) is 0 Å². The van der Waals surface area contributed by atoms with E-state index in [2.05, 4.69) is 10.4 Å². The van der Waals surface area contributed by atoms with Gasteiger partial charge >= 0.3 is 5.97 Å². The molecule has 1 aromatic heterocycles. The zero-order chi connectivity index (χ0) is 18.0. The van der Waals surface area contributed by atoms with E-state index in [0.717, 1.165) is 6.42 Å². The van der Waals surface area contributed by atoms with Gasteiger partial charge in [-0.15, -0.1) is 0 Å². The van der Waals surface area contributed by atoms with Crippen molar-refractivity contribution in [3.63, 3.8) is 0 Å². The number of amides is 1. The van der Waals surface area contributed by atoms with E-state index in [9.17, 15) is 19.1 Å². The van der Waals surface area contributed by atoms with Crippen LogP contribution in [0, 0.1) is 12.7 Å². The number of nitrogens with one attached hydrogen (secondary N) is 1. The molecule has 2 heterocycles. The molecule has 1 aliphatic heterocycles. The maximum Gasteiger partial charge on any atom is 0.320 e. The first-order chi connectivity index (χ1) is 12.0. The average molecular weight is 346 g/mol. The van der Waals surface area contributed by atoms with Gasteiger partial charge in [0.2, 0.25) is 5.91 Å². The van der Waals surface area contributed by atoms with Gasteiger partial charge in [0.15, 0.2) is 0 Å². The van der Waals surface area contributed by atoms with Crippen LogP contribution in [-0.4, -0.2) is 50.8 Å². The van der Waals surface area contributed by atoms with Crippen LogP contribution >= 0.6 is 0 Å². The van der Waals surface area contributed by atoms with Crippen molar-refractivity contribution >= 4 is 17.7 Å². The van der Waals surface area contributed by atoms with E-state index in [-0.39, 0.29) is 18.1 Å². The monoisotopic (exact) mass is 346 g/mol. The van der Waals surface area contributed by atoms with Crippen LogP contribution in [0.5, 0.6) is 0 Å². The van der Waals surface area contributed by atoms with E-state index >= 15 is 0 Å². The number of aliphatic carboxylic acids is 1. The van der Waals surface area contributed by atoms with Crippen LogP contribution in [0.15, 0.2) is 30.3 Å². The van der Waals surface area contributed by atoms with Crippen LogP contribution in [0.2, 0.25) is 0 Å². The molecule has 0 radical (unpaired) electrons. The SMILES string of the molecule is Cc1cc(NC(=O)CN2CCC[C@H]2C(=O)O)n(-c2ccccc2F)n1. The largest absolute Gasteiger partial charge is 0.480 e. The Labute approximate surface area is 144 Å². The molecule has 0 aliphatic carbocycles. The van der Waals surface area contributed by atoms with Gasteiger partial charge < -0.3 is 10.4 Å². The second-order valence-corrected chi connectivity index (χ2v) is 6.05. The summed E-state index contributed by atoms with van der Waals surface area (Å²) < 4.78 is 15.4. The van der Waals surface area contributed by atoms with Gasteiger partial charge in [0, 0.05) is 6.07 Å². The van der Waals surface area contributed by atoms with E-state index in [1.54, 1.807) is 36.1 Å². The molecule has 7 nitrogen and oxygen atoms in total. The molecule has 25 heavy (non-hydrogen) atoms. The number of carboxylic acid groups (broad SMARTS) is 1. The maximum atomic E-state index is 14.0. The maximum absolute atomic E-state index is 14.0. The quantitative estimate of drug-likeness (QED) is 0.862. The molecule has 2 aromatic rings. The first-order valence-electron chi connectivity index (χ1n) is 8.04. The number of hydrogen-bond acceptors (Lipinski definition) is 4. The summed E-state index contributed by atoms with van der Waals surface area (Å²) in [6.45, 7) is 2.28. The summed E-state index contributed by atoms with van der Waals surface area (Å²) in [4.78, 5) is 25.2. The molecule has 0 unspecified atom stereocenters. The zero-order valence-electron chi connectivity index (χ0n) is 13.8. The Balaban J connectivity index is 1.76. The van der Waals surface area contributed by atoms with Crippen molar-refractivity contribution in [3.05, 3.63) is 41.8 Å². The van der Waals surface area contributed by atoms with Crippen molar-refractivity contribution in [2.24, 2.45) is 0 Å². The molecule has 0 bridgehead atoms. The molecule has 1 atom stereocenters. The summed E-state index contributed by atoms with van der Waals surface area (Å²) in [7, 11) is 0. The molecule has 0 saturated carbocycles. The molecule has 8 heteroatoms. The number of aryl methyl sites for hydroxylation is 1. The molecule has 1 fully saturated rings. The molecule has 2 N–H and O–H groups in total. The zero-order valence-corrected chi connectivity index (χ0v) is 13.8. The van der Waals surface area contributed by atoms with Crippen LogP contribution in [0.1, 0.15) is 18.5 Å². The Morgan fingerprint density at radius 1 is 1.40 bits per heavy atom. The Morgan fingerprint density at radius 2 is 2.16 bits per heavy atom. The Bertz CT molecular complexity index is 805. The first-order valence-corrected chi connectivity index (χ1v) is 8.04. The van der Waals surface area contributed by atoms with Gasteiger partial charge in [-0.3, -0.25) is 14.5 Å². The van der Waals surface area contributed by atoms with Crippen molar-refractivity contribution in [2.75, 3.05) is 18.4 Å². The number of carboxylic acids is 1. The highest BCUT2D eigenvalue weighted by Gasteiger charge is 2.31. The van der Waals surface area contributed by atoms with Gasteiger partial charge in [0.1, 0.15) is 23.4 Å². The van der Waals surface area contributed by atoms with Crippen LogP contribution in [0.25, 0.3) is 5.69 Å². The lowest BCUT2D eigenvalue weighted by Gasteiger charge is -2.20. The Hall–Kier alpha value is -2.74. The minimum Gasteiger partial charge on any atom is -0.480 e. The normalized spacial score (nSPS) is 17.6. The summed E-state index contributed by atoms with van der Waals surface area (Å²) in [5.41, 5.74) is 0.860. The van der Waals surface area contributed by atoms with Crippen molar-refractivity contribution < 1.29 is 19.1 Å². The van der Waals surface area contributed by atoms with Crippen LogP contribution in [0.4, 0.5) is 10.2 Å². The van der Waals surface area contributed by atoms with Gasteiger partial charge in [0.05, 0.1) is 12.2 Å². The van der Waals surface area contributed by atoms with Crippen molar-refractivity contribution in [1.29, 1.82) is 0 Å². The lowest BCUT2D eigenvalue weighted by molar-refractivity contribution is -0.142. The molecule has 1 aromatic carbocycles. The minimum absolute atomic E-state index is 0.0293. The number of likely N-dealkylation sites (tertiary alicyclic amines) is 1.